The second-order valence-corrected chi connectivity index (χ2v) is 4.02. The molecule has 2 unspecified atom stereocenters. The van der Waals surface area contributed by atoms with Crippen molar-refractivity contribution in [1.82, 2.24) is 10.2 Å². The van der Waals surface area contributed by atoms with Crippen LogP contribution in [-0.4, -0.2) is 36.6 Å². The Morgan fingerprint density at radius 3 is 3.08 bits per heavy atom. The first-order valence-electron chi connectivity index (χ1n) is 5.17. The molecule has 2 rings (SSSR count). The fourth-order valence-electron chi connectivity index (χ4n) is 2.35. The van der Waals surface area contributed by atoms with Crippen molar-refractivity contribution in [2.24, 2.45) is 0 Å². The monoisotopic (exact) mass is 167 g/mol. The van der Waals surface area contributed by atoms with Gasteiger partial charge in [0.2, 0.25) is 0 Å². The van der Waals surface area contributed by atoms with Gasteiger partial charge >= 0.3 is 0 Å². The first-order chi connectivity index (χ1) is 5.88. The van der Waals surface area contributed by atoms with Crippen molar-refractivity contribution < 1.29 is 0 Å². The van der Waals surface area contributed by atoms with Gasteiger partial charge in [0.25, 0.3) is 0 Å². The molecule has 0 amide bonds. The van der Waals surface area contributed by atoms with E-state index in [0.29, 0.717) is 0 Å². The molecule has 0 aromatic heterocycles. The highest BCUT2D eigenvalue weighted by Crippen LogP contribution is 2.18. The predicted molar refractivity (Wildman–Crippen MR) is 51.0 cm³/mol. The van der Waals surface area contributed by atoms with Crippen molar-refractivity contribution in [1.29, 1.82) is 0 Å². The Kier molecular flexibility index (Phi) is 2.66. The van der Waals surface area contributed by atoms with E-state index >= 15 is 0 Å². The fourth-order valence-corrected chi connectivity index (χ4v) is 2.35. The normalized spacial score (nSPS) is 34.2. The Labute approximate surface area is 75.3 Å². The minimum atomic E-state index is 0.742. The van der Waals surface area contributed by atoms with Crippen molar-refractivity contribution in [2.45, 2.75) is 38.3 Å². The summed E-state index contributed by atoms with van der Waals surface area (Å²) in [6.45, 7) is 6.08. The molecule has 0 aromatic carbocycles. The Hall–Kier alpha value is -0.0800. The summed E-state index contributed by atoms with van der Waals surface area (Å²) in [5, 5.41) is 3.58. The summed E-state index contributed by atoms with van der Waals surface area (Å²) >= 11 is 0. The van der Waals surface area contributed by atoms with E-state index in [1.54, 1.807) is 0 Å². The summed E-state index contributed by atoms with van der Waals surface area (Å²) in [6, 6.07) is 1.50. The van der Waals surface area contributed by atoms with Gasteiger partial charge in [0, 0.05) is 18.6 Å². The smallest absolute Gasteiger partial charge is 0.0221 e. The van der Waals surface area contributed by atoms with E-state index in [1.807, 2.05) is 0 Å². The van der Waals surface area contributed by atoms with E-state index < -0.39 is 0 Å². The predicted octanol–water partition coefficient (Wildman–Crippen LogP) is 1.04. The van der Waals surface area contributed by atoms with E-state index in [2.05, 4.69) is 23.6 Å². The van der Waals surface area contributed by atoms with Gasteiger partial charge in [0.05, 0.1) is 0 Å². The molecule has 12 heavy (non-hydrogen) atoms. The van der Waals surface area contributed by atoms with Crippen molar-refractivity contribution in [3.8, 4) is 0 Å². The quantitative estimate of drug-likeness (QED) is 0.661. The topological polar surface area (TPSA) is 15.3 Å². The lowest BCUT2D eigenvalue weighted by atomic mass is 10.1. The molecular weight excluding hydrogens is 148 g/mol. The minimum absolute atomic E-state index is 0.742. The van der Waals surface area contributed by atoms with Gasteiger partial charge in [-0.05, 0) is 45.7 Å². The summed E-state index contributed by atoms with van der Waals surface area (Å²) in [5.74, 6) is 0. The van der Waals surface area contributed by atoms with Crippen LogP contribution in [0.3, 0.4) is 0 Å². The fraction of sp³-hybridized carbons (Fsp3) is 0.900. The van der Waals surface area contributed by atoms with Crippen LogP contribution >= 0.6 is 0 Å². The maximum atomic E-state index is 3.58. The molecule has 2 aliphatic heterocycles. The lowest BCUT2D eigenvalue weighted by molar-refractivity contribution is 0.220. The molecule has 0 saturated carbocycles. The number of nitrogens with zero attached hydrogens (tertiary/aromatic N) is 1. The molecule has 2 heterocycles. The van der Waals surface area contributed by atoms with Crippen LogP contribution in [0, 0.1) is 6.42 Å². The van der Waals surface area contributed by atoms with E-state index in [4.69, 9.17) is 0 Å². The zero-order valence-electron chi connectivity index (χ0n) is 7.92. The molecule has 0 spiro atoms. The molecular formula is C10H19N2. The number of hydrogen-bond donors (Lipinski definition) is 1. The van der Waals surface area contributed by atoms with Gasteiger partial charge in [0.15, 0.2) is 0 Å². The average molecular weight is 167 g/mol. The van der Waals surface area contributed by atoms with E-state index in [1.165, 1.54) is 38.9 Å². The molecule has 0 bridgehead atoms. The van der Waals surface area contributed by atoms with Gasteiger partial charge in [-0.3, -0.25) is 4.90 Å². The Morgan fingerprint density at radius 2 is 2.50 bits per heavy atom. The Bertz CT molecular complexity index is 119. The van der Waals surface area contributed by atoms with Gasteiger partial charge in [-0.15, -0.1) is 0 Å². The van der Waals surface area contributed by atoms with Gasteiger partial charge in [0.1, 0.15) is 0 Å². The Morgan fingerprint density at radius 1 is 1.58 bits per heavy atom. The zero-order valence-corrected chi connectivity index (χ0v) is 7.92. The van der Waals surface area contributed by atoms with Crippen LogP contribution in [0.5, 0.6) is 0 Å². The molecule has 2 fully saturated rings. The molecule has 1 N–H and O–H groups in total. The molecule has 69 valence electrons. The number of nitrogens with one attached hydrogen (secondary N) is 1. The van der Waals surface area contributed by atoms with Gasteiger partial charge in [-0.1, -0.05) is 0 Å². The number of likely N-dealkylation sites (tertiary alicyclic amines) is 1. The third kappa shape index (κ3) is 1.64. The van der Waals surface area contributed by atoms with E-state index in [0.717, 1.165) is 12.1 Å². The molecule has 2 heteroatoms. The van der Waals surface area contributed by atoms with Crippen LogP contribution in [0.2, 0.25) is 0 Å². The average Bonchev–Trinajstić information content (AvgIpc) is 2.77. The minimum Gasteiger partial charge on any atom is -0.312 e. The third-order valence-electron chi connectivity index (χ3n) is 3.24. The summed E-state index contributed by atoms with van der Waals surface area (Å²) < 4.78 is 0. The molecule has 1 radical (unpaired) electrons. The molecule has 2 saturated heterocycles. The third-order valence-corrected chi connectivity index (χ3v) is 3.24. The Balaban J connectivity index is 1.84. The van der Waals surface area contributed by atoms with Crippen LogP contribution in [0.4, 0.5) is 0 Å². The lowest BCUT2D eigenvalue weighted by Gasteiger charge is -2.29. The zero-order chi connectivity index (χ0) is 8.39. The van der Waals surface area contributed by atoms with Crippen molar-refractivity contribution >= 4 is 0 Å². The maximum Gasteiger partial charge on any atom is 0.0221 e. The standard InChI is InChI=1S/C10H19N2/c1-9(10-5-4-6-11-10)12-7-2-3-8-12/h2,9-11H,3-8H2,1H3. The molecule has 2 atom stereocenters. The summed E-state index contributed by atoms with van der Waals surface area (Å²) in [5.41, 5.74) is 0. The largest absolute Gasteiger partial charge is 0.312 e. The van der Waals surface area contributed by atoms with Crippen molar-refractivity contribution in [3.05, 3.63) is 6.42 Å². The van der Waals surface area contributed by atoms with Crippen molar-refractivity contribution in [3.63, 3.8) is 0 Å². The van der Waals surface area contributed by atoms with E-state index in [-0.39, 0.29) is 0 Å². The summed E-state index contributed by atoms with van der Waals surface area (Å²) in [6.07, 6.45) is 6.42. The highest BCUT2D eigenvalue weighted by atomic mass is 15.2. The summed E-state index contributed by atoms with van der Waals surface area (Å²) in [4.78, 5) is 2.59. The second-order valence-electron chi connectivity index (χ2n) is 4.02. The molecule has 2 nitrogen and oxygen atoms in total. The second kappa shape index (κ2) is 3.75. The van der Waals surface area contributed by atoms with Crippen LogP contribution in [0.1, 0.15) is 26.2 Å². The van der Waals surface area contributed by atoms with Gasteiger partial charge in [-0.25, -0.2) is 0 Å². The molecule has 2 aliphatic rings. The molecule has 0 aliphatic carbocycles. The number of rotatable bonds is 2. The number of hydrogen-bond acceptors (Lipinski definition) is 2. The first-order valence-corrected chi connectivity index (χ1v) is 5.17. The van der Waals surface area contributed by atoms with Crippen LogP contribution in [0.15, 0.2) is 0 Å². The van der Waals surface area contributed by atoms with Gasteiger partial charge < -0.3 is 5.32 Å². The molecule has 0 aromatic rings. The first kappa shape index (κ1) is 8.52. The maximum absolute atomic E-state index is 3.58. The van der Waals surface area contributed by atoms with Gasteiger partial charge in [-0.2, -0.15) is 0 Å². The highest BCUT2D eigenvalue weighted by Gasteiger charge is 2.27. The lowest BCUT2D eigenvalue weighted by Crippen LogP contribution is -2.44. The van der Waals surface area contributed by atoms with Crippen molar-refractivity contribution in [2.75, 3.05) is 19.6 Å². The van der Waals surface area contributed by atoms with Crippen LogP contribution in [0.25, 0.3) is 0 Å². The van der Waals surface area contributed by atoms with Crippen LogP contribution < -0.4 is 5.32 Å². The van der Waals surface area contributed by atoms with Crippen LogP contribution in [-0.2, 0) is 0 Å². The highest BCUT2D eigenvalue weighted by molar-refractivity contribution is 4.91. The SMILES string of the molecule is CC(C1CCCN1)N1C[CH]CC1. The summed E-state index contributed by atoms with van der Waals surface area (Å²) in [7, 11) is 0. The van der Waals surface area contributed by atoms with E-state index in [9.17, 15) is 0 Å².